The Kier molecular flexibility index (Phi) is 15.4. The smallest absolute Gasteiger partial charge is 0.317 e. The van der Waals surface area contributed by atoms with Crippen molar-refractivity contribution in [2.24, 2.45) is 0 Å². The van der Waals surface area contributed by atoms with Crippen molar-refractivity contribution in [3.8, 4) is 0 Å². The van der Waals surface area contributed by atoms with Crippen LogP contribution in [0.1, 0.15) is 134 Å². The zero-order valence-corrected chi connectivity index (χ0v) is 25.4. The highest BCUT2D eigenvalue weighted by molar-refractivity contribution is 5.79. The van der Waals surface area contributed by atoms with Crippen LogP contribution in [0.15, 0.2) is 42.5 Å². The summed E-state index contributed by atoms with van der Waals surface area (Å²) in [5.74, 6) is -1.05. The highest BCUT2D eigenvalue weighted by Gasteiger charge is 2.40. The summed E-state index contributed by atoms with van der Waals surface area (Å²) in [4.78, 5) is 28.1. The number of hydrogen-bond acceptors (Lipinski definition) is 5. The molecule has 0 aromatic heterocycles. The molecule has 0 saturated carbocycles. The summed E-state index contributed by atoms with van der Waals surface area (Å²) in [7, 11) is 2.18. The molecule has 4 atom stereocenters. The molecule has 3 rings (SSSR count). The SMILES string of the molecule is CCCCCC/C=C/CCCCCCCCCC(=O)OCC(C(=O)OC1C[C@H]2CC[C@@H](C1)N2C)c1ccccc1. The molecule has 2 fully saturated rings. The van der Waals surface area contributed by atoms with Gasteiger partial charge in [-0.15, -0.1) is 0 Å². The van der Waals surface area contributed by atoms with Gasteiger partial charge in [0.1, 0.15) is 18.6 Å². The summed E-state index contributed by atoms with van der Waals surface area (Å²) in [6.45, 7) is 2.31. The molecule has 0 N–H and O–H groups in total. The van der Waals surface area contributed by atoms with Crippen LogP contribution in [-0.2, 0) is 19.1 Å². The predicted octanol–water partition coefficient (Wildman–Crippen LogP) is 8.52. The quantitative estimate of drug-likeness (QED) is 0.0920. The monoisotopic (exact) mass is 553 g/mol. The van der Waals surface area contributed by atoms with Crippen molar-refractivity contribution in [1.29, 1.82) is 0 Å². The predicted molar refractivity (Wildman–Crippen MR) is 163 cm³/mol. The molecule has 0 aliphatic carbocycles. The lowest BCUT2D eigenvalue weighted by atomic mass is 9.98. The van der Waals surface area contributed by atoms with E-state index < -0.39 is 5.92 Å². The van der Waals surface area contributed by atoms with Gasteiger partial charge in [0.2, 0.25) is 0 Å². The van der Waals surface area contributed by atoms with Crippen molar-refractivity contribution in [3.63, 3.8) is 0 Å². The van der Waals surface area contributed by atoms with Gasteiger partial charge in [-0.05, 0) is 70.4 Å². The molecule has 1 aromatic carbocycles. The lowest BCUT2D eigenvalue weighted by molar-refractivity contribution is -0.158. The van der Waals surface area contributed by atoms with Gasteiger partial charge in [-0.3, -0.25) is 9.59 Å². The summed E-state index contributed by atoms with van der Waals surface area (Å²) >= 11 is 0. The van der Waals surface area contributed by atoms with E-state index in [4.69, 9.17) is 9.47 Å². The van der Waals surface area contributed by atoms with Crippen LogP contribution in [0.2, 0.25) is 0 Å². The average Bonchev–Trinajstić information content (AvgIpc) is 3.15. The molecule has 0 radical (unpaired) electrons. The van der Waals surface area contributed by atoms with E-state index in [1.54, 1.807) is 0 Å². The third kappa shape index (κ3) is 11.8. The second-order valence-corrected chi connectivity index (χ2v) is 12.1. The number of ether oxygens (including phenoxy) is 2. The van der Waals surface area contributed by atoms with E-state index in [-0.39, 0.29) is 24.6 Å². The van der Waals surface area contributed by atoms with Crippen molar-refractivity contribution in [2.45, 2.75) is 147 Å². The Morgan fingerprint density at radius 2 is 1.43 bits per heavy atom. The number of benzene rings is 1. The lowest BCUT2D eigenvalue weighted by Crippen LogP contribution is -2.44. The first kappa shape index (κ1) is 32.4. The molecule has 5 nitrogen and oxygen atoms in total. The Morgan fingerprint density at radius 3 is 2.05 bits per heavy atom. The molecule has 40 heavy (non-hydrogen) atoms. The number of unbranched alkanes of at least 4 members (excludes halogenated alkanes) is 11. The number of rotatable bonds is 20. The molecule has 2 aliphatic heterocycles. The number of esters is 2. The maximum atomic E-state index is 13.2. The fraction of sp³-hybridized carbons (Fsp3) is 0.714. The molecule has 2 unspecified atom stereocenters. The minimum Gasteiger partial charge on any atom is -0.464 e. The summed E-state index contributed by atoms with van der Waals surface area (Å²) in [5.41, 5.74) is 0.846. The lowest BCUT2D eigenvalue weighted by Gasteiger charge is -2.36. The first-order valence-electron chi connectivity index (χ1n) is 16.4. The maximum absolute atomic E-state index is 13.2. The van der Waals surface area contributed by atoms with Crippen LogP contribution < -0.4 is 0 Å². The van der Waals surface area contributed by atoms with Gasteiger partial charge >= 0.3 is 11.9 Å². The molecule has 2 heterocycles. The molecule has 2 saturated heterocycles. The second kappa shape index (κ2) is 19.1. The van der Waals surface area contributed by atoms with E-state index >= 15 is 0 Å². The van der Waals surface area contributed by atoms with Crippen LogP contribution in [0, 0.1) is 0 Å². The highest BCUT2D eigenvalue weighted by Crippen LogP contribution is 2.36. The molecule has 1 aromatic rings. The average molecular weight is 554 g/mol. The molecular formula is C35H55NO4. The number of fused-ring (bicyclic) bond motifs is 2. The molecule has 0 amide bonds. The summed E-state index contributed by atoms with van der Waals surface area (Å²) in [6, 6.07) is 10.6. The number of carbonyl (C=O) groups is 2. The number of piperidine rings is 1. The van der Waals surface area contributed by atoms with E-state index in [1.165, 1.54) is 77.0 Å². The Bertz CT molecular complexity index is 855. The number of hydrogen-bond donors (Lipinski definition) is 0. The number of nitrogens with zero attached hydrogens (tertiary/aromatic N) is 1. The zero-order valence-electron chi connectivity index (χ0n) is 25.4. The Labute approximate surface area is 244 Å². The van der Waals surface area contributed by atoms with E-state index in [2.05, 4.69) is 31.0 Å². The van der Waals surface area contributed by atoms with Gasteiger partial charge in [0, 0.05) is 18.5 Å². The van der Waals surface area contributed by atoms with E-state index in [0.29, 0.717) is 18.5 Å². The fourth-order valence-corrected chi connectivity index (χ4v) is 6.28. The van der Waals surface area contributed by atoms with Gasteiger partial charge in [0.25, 0.3) is 0 Å². The van der Waals surface area contributed by atoms with Gasteiger partial charge in [0.05, 0.1) is 0 Å². The summed E-state index contributed by atoms with van der Waals surface area (Å²) in [6.07, 6.45) is 25.2. The zero-order chi connectivity index (χ0) is 28.4. The normalized spacial score (nSPS) is 21.5. The Morgan fingerprint density at radius 1 is 0.850 bits per heavy atom. The van der Waals surface area contributed by atoms with Crippen LogP contribution >= 0.6 is 0 Å². The third-order valence-electron chi connectivity index (χ3n) is 8.88. The maximum Gasteiger partial charge on any atom is 0.317 e. The van der Waals surface area contributed by atoms with Crippen molar-refractivity contribution in [2.75, 3.05) is 13.7 Å². The number of allylic oxidation sites excluding steroid dienone is 2. The van der Waals surface area contributed by atoms with E-state index in [0.717, 1.165) is 37.7 Å². The second-order valence-electron chi connectivity index (χ2n) is 12.1. The standard InChI is InChI=1S/C35H55NO4/c1-3-4-5-6-7-8-9-10-11-12-13-14-15-16-20-23-34(37)39-28-33(29-21-18-17-19-22-29)35(38)40-32-26-30-24-25-31(27-32)36(30)2/h8-9,17-19,21-22,30-33H,3-7,10-16,20,23-28H2,1-2H3/b9-8+/t30-,31+,32?,33?. The third-order valence-corrected chi connectivity index (χ3v) is 8.88. The van der Waals surface area contributed by atoms with Crippen LogP contribution in [0.25, 0.3) is 0 Å². The molecule has 0 spiro atoms. The van der Waals surface area contributed by atoms with Gasteiger partial charge in [-0.25, -0.2) is 0 Å². The van der Waals surface area contributed by atoms with Crippen molar-refractivity contribution in [1.82, 2.24) is 4.90 Å². The Balaban J connectivity index is 1.26. The number of carbonyl (C=O) groups excluding carboxylic acids is 2. The Hall–Kier alpha value is -2.14. The highest BCUT2D eigenvalue weighted by atomic mass is 16.6. The van der Waals surface area contributed by atoms with E-state index in [1.807, 2.05) is 30.3 Å². The van der Waals surface area contributed by atoms with Gasteiger partial charge in [-0.1, -0.05) is 101 Å². The minimum absolute atomic E-state index is 0.0418. The minimum atomic E-state index is -0.571. The topological polar surface area (TPSA) is 55.8 Å². The molecule has 2 bridgehead atoms. The molecule has 224 valence electrons. The van der Waals surface area contributed by atoms with Crippen LogP contribution in [0.4, 0.5) is 0 Å². The molecule has 5 heteroatoms. The van der Waals surface area contributed by atoms with Crippen LogP contribution in [0.3, 0.4) is 0 Å². The van der Waals surface area contributed by atoms with Crippen molar-refractivity contribution in [3.05, 3.63) is 48.0 Å². The fourth-order valence-electron chi connectivity index (χ4n) is 6.28. The summed E-state index contributed by atoms with van der Waals surface area (Å²) in [5, 5.41) is 0. The summed E-state index contributed by atoms with van der Waals surface area (Å²) < 4.78 is 11.6. The van der Waals surface area contributed by atoms with Gasteiger partial charge in [0.15, 0.2) is 0 Å². The van der Waals surface area contributed by atoms with E-state index in [9.17, 15) is 9.59 Å². The van der Waals surface area contributed by atoms with Crippen LogP contribution in [-0.4, -0.2) is 48.7 Å². The van der Waals surface area contributed by atoms with Gasteiger partial charge < -0.3 is 14.4 Å². The first-order valence-corrected chi connectivity index (χ1v) is 16.4. The largest absolute Gasteiger partial charge is 0.464 e. The van der Waals surface area contributed by atoms with Gasteiger partial charge in [-0.2, -0.15) is 0 Å². The van der Waals surface area contributed by atoms with Crippen LogP contribution in [0.5, 0.6) is 0 Å². The van der Waals surface area contributed by atoms with Crippen molar-refractivity contribution >= 4 is 11.9 Å². The molecular weight excluding hydrogens is 498 g/mol. The molecule has 2 aliphatic rings. The van der Waals surface area contributed by atoms with Crippen molar-refractivity contribution < 1.29 is 19.1 Å². The first-order chi connectivity index (χ1) is 19.6.